The van der Waals surface area contributed by atoms with Crippen LogP contribution in [0.15, 0.2) is 24.5 Å². The number of likely N-dealkylation sites (tertiary alicyclic amines) is 1. The summed E-state index contributed by atoms with van der Waals surface area (Å²) in [6, 6.07) is 3.06. The number of aromatic nitrogens is 2. The summed E-state index contributed by atoms with van der Waals surface area (Å²) in [6.45, 7) is 18.7. The Hall–Kier alpha value is -5.41. The number of carbonyl (C=O) groups excluding carboxylic acids is 4. The second-order valence-electron chi connectivity index (χ2n) is 16.7. The largest absolute Gasteiger partial charge is 0.474 e. The molecule has 2 atom stereocenters. The van der Waals surface area contributed by atoms with Crippen LogP contribution in [0.3, 0.4) is 0 Å². The van der Waals surface area contributed by atoms with E-state index < -0.39 is 47.0 Å². The number of pyridine rings is 2. The van der Waals surface area contributed by atoms with Crippen molar-refractivity contribution < 1.29 is 47.3 Å². The number of piperidine rings is 1. The lowest BCUT2D eigenvalue weighted by Gasteiger charge is -2.32. The summed E-state index contributed by atoms with van der Waals surface area (Å²) in [6.07, 6.45) is -0.243. The number of ether oxygens (including phenoxy) is 5. The summed E-state index contributed by atoms with van der Waals surface area (Å²) in [5.41, 5.74) is -1.32. The highest BCUT2D eigenvalue weighted by molar-refractivity contribution is 6.05. The lowest BCUT2D eigenvalue weighted by Crippen LogP contribution is -2.42. The van der Waals surface area contributed by atoms with Gasteiger partial charge in [-0.1, -0.05) is 0 Å². The summed E-state index contributed by atoms with van der Waals surface area (Å²) in [7, 11) is 0. The van der Waals surface area contributed by atoms with E-state index in [-0.39, 0.29) is 59.4 Å². The molecule has 2 aromatic heterocycles. The molecule has 15 nitrogen and oxygen atoms in total. The Labute approximate surface area is 312 Å². The molecule has 16 heteroatoms. The zero-order valence-corrected chi connectivity index (χ0v) is 32.2. The maximum atomic E-state index is 16.7. The molecule has 0 radical (unpaired) electrons. The molecule has 2 aliphatic heterocycles. The van der Waals surface area contributed by atoms with Crippen LogP contribution >= 0.6 is 0 Å². The number of nitrogens with one attached hydrogen (secondary N) is 2. The van der Waals surface area contributed by atoms with Crippen molar-refractivity contribution in [3.05, 3.63) is 35.9 Å². The van der Waals surface area contributed by atoms with Crippen LogP contribution in [0.4, 0.5) is 40.8 Å². The SMILES string of the molecule is Cc1c(-c2cc3cc(NC(=O)OC4C5CN(C(=O)OC(C)(C)C)CC54)ncc3c(NC(=O)OC(C)(C)C)c2F)cnc2c1N(C(=O)OC(C)(C)C)CCO2. The zero-order valence-electron chi connectivity index (χ0n) is 32.2. The summed E-state index contributed by atoms with van der Waals surface area (Å²) in [5.74, 6) is -0.497. The number of carbonyl (C=O) groups is 4. The van der Waals surface area contributed by atoms with Gasteiger partial charge in [-0.05, 0) is 92.3 Å². The molecule has 4 amide bonds. The first-order chi connectivity index (χ1) is 25.1. The van der Waals surface area contributed by atoms with Crippen molar-refractivity contribution in [2.45, 2.75) is 92.1 Å². The summed E-state index contributed by atoms with van der Waals surface area (Å²) >= 11 is 0. The molecule has 4 heterocycles. The van der Waals surface area contributed by atoms with E-state index in [1.165, 1.54) is 29.4 Å². The molecular weight excluding hydrogens is 703 g/mol. The predicted molar refractivity (Wildman–Crippen MR) is 197 cm³/mol. The summed E-state index contributed by atoms with van der Waals surface area (Å²) in [5, 5.41) is 5.81. The number of hydrogen-bond acceptors (Lipinski definition) is 11. The molecule has 2 unspecified atom stereocenters. The fourth-order valence-corrected chi connectivity index (χ4v) is 6.55. The molecule has 6 rings (SSSR count). The topological polar surface area (TPSA) is 171 Å². The van der Waals surface area contributed by atoms with Crippen molar-refractivity contribution in [2.24, 2.45) is 11.8 Å². The smallest absolute Gasteiger partial charge is 0.415 e. The fourth-order valence-electron chi connectivity index (χ4n) is 6.55. The van der Waals surface area contributed by atoms with Crippen molar-refractivity contribution in [3.63, 3.8) is 0 Å². The van der Waals surface area contributed by atoms with Gasteiger partial charge in [-0.25, -0.2) is 33.5 Å². The van der Waals surface area contributed by atoms with E-state index >= 15 is 4.39 Å². The first-order valence-corrected chi connectivity index (χ1v) is 17.8. The van der Waals surface area contributed by atoms with Gasteiger partial charge in [0.15, 0.2) is 5.82 Å². The number of hydrogen-bond donors (Lipinski definition) is 2. The molecule has 54 heavy (non-hydrogen) atoms. The number of amides is 4. The Balaban J connectivity index is 1.29. The Kier molecular flexibility index (Phi) is 9.78. The van der Waals surface area contributed by atoms with E-state index in [0.717, 1.165) is 0 Å². The van der Waals surface area contributed by atoms with E-state index in [0.29, 0.717) is 35.3 Å². The highest BCUT2D eigenvalue weighted by atomic mass is 19.1. The van der Waals surface area contributed by atoms with Crippen LogP contribution in [0.2, 0.25) is 0 Å². The Morgan fingerprint density at radius 1 is 0.815 bits per heavy atom. The Morgan fingerprint density at radius 2 is 1.44 bits per heavy atom. The summed E-state index contributed by atoms with van der Waals surface area (Å²) < 4.78 is 44.7. The standard InChI is InChI=1S/C38H47FN6O9/c1-19-22(15-41-31-29(19)45(11-12-50-31)35(49)54-38(8,9)10)21-13-20-14-26(40-16-23(20)28(27(21)39)43-33(47)52-36(2,3)4)42-32(46)51-30-24-17-44(18-25(24)30)34(48)53-37(5,6)7/h13-16,24-25,30H,11-12,17-18H2,1-10H3,(H,43,47)(H,40,42,46). The number of halogens is 1. The van der Waals surface area contributed by atoms with Crippen LogP contribution in [0.5, 0.6) is 5.88 Å². The molecule has 1 saturated heterocycles. The maximum absolute atomic E-state index is 16.7. The average molecular weight is 751 g/mol. The van der Waals surface area contributed by atoms with Gasteiger partial charge in [-0.15, -0.1) is 0 Å². The minimum absolute atomic E-state index is 0.00459. The van der Waals surface area contributed by atoms with Gasteiger partial charge in [-0.2, -0.15) is 0 Å². The van der Waals surface area contributed by atoms with Crippen LogP contribution in [0, 0.1) is 24.6 Å². The molecule has 0 spiro atoms. The fraction of sp³-hybridized carbons (Fsp3) is 0.526. The van der Waals surface area contributed by atoms with Gasteiger partial charge in [0.25, 0.3) is 0 Å². The number of nitrogens with zero attached hydrogens (tertiary/aromatic N) is 4. The second-order valence-corrected chi connectivity index (χ2v) is 16.7. The Morgan fingerprint density at radius 3 is 2.07 bits per heavy atom. The molecular formula is C38H47FN6O9. The van der Waals surface area contributed by atoms with Crippen LogP contribution in [0.1, 0.15) is 67.9 Å². The van der Waals surface area contributed by atoms with Crippen LogP contribution in [0.25, 0.3) is 21.9 Å². The number of rotatable bonds is 4. The first-order valence-electron chi connectivity index (χ1n) is 17.8. The highest BCUT2D eigenvalue weighted by Gasteiger charge is 2.60. The molecule has 1 aliphatic carbocycles. The number of benzene rings is 1. The number of anilines is 3. The third-order valence-corrected chi connectivity index (χ3v) is 8.83. The molecule has 3 aromatic rings. The molecule has 1 saturated carbocycles. The average Bonchev–Trinajstić information content (AvgIpc) is 3.44. The Bertz CT molecular complexity index is 2010. The van der Waals surface area contributed by atoms with Gasteiger partial charge >= 0.3 is 24.4 Å². The highest BCUT2D eigenvalue weighted by Crippen LogP contribution is 2.48. The maximum Gasteiger partial charge on any atom is 0.415 e. The van der Waals surface area contributed by atoms with Crippen molar-refractivity contribution in [3.8, 4) is 17.0 Å². The third-order valence-electron chi connectivity index (χ3n) is 8.83. The van der Waals surface area contributed by atoms with Crippen molar-refractivity contribution >= 4 is 52.3 Å². The zero-order chi connectivity index (χ0) is 39.5. The van der Waals surface area contributed by atoms with Crippen molar-refractivity contribution in [2.75, 3.05) is 41.8 Å². The number of fused-ring (bicyclic) bond motifs is 3. The summed E-state index contributed by atoms with van der Waals surface area (Å²) in [4.78, 5) is 63.4. The van der Waals surface area contributed by atoms with Crippen LogP contribution < -0.4 is 20.3 Å². The van der Waals surface area contributed by atoms with Gasteiger partial charge in [-0.3, -0.25) is 15.5 Å². The van der Waals surface area contributed by atoms with Gasteiger partial charge in [0.05, 0.1) is 12.2 Å². The molecule has 0 bridgehead atoms. The lowest BCUT2D eigenvalue weighted by molar-refractivity contribution is 0.0244. The van der Waals surface area contributed by atoms with Crippen molar-refractivity contribution in [1.82, 2.24) is 14.9 Å². The van der Waals surface area contributed by atoms with Gasteiger partial charge < -0.3 is 28.6 Å². The molecule has 1 aromatic carbocycles. The first kappa shape index (κ1) is 38.3. The normalized spacial score (nSPS) is 19.3. The third kappa shape index (κ3) is 8.37. The molecule has 2 fully saturated rings. The quantitative estimate of drug-likeness (QED) is 0.251. The molecule has 2 N–H and O–H groups in total. The van der Waals surface area contributed by atoms with Crippen LogP contribution in [-0.2, 0) is 18.9 Å². The predicted octanol–water partition coefficient (Wildman–Crippen LogP) is 7.64. The van der Waals surface area contributed by atoms with Gasteiger partial charge in [0.1, 0.15) is 41.0 Å². The van der Waals surface area contributed by atoms with E-state index in [2.05, 4.69) is 20.6 Å². The minimum Gasteiger partial charge on any atom is -0.474 e. The monoisotopic (exact) mass is 750 g/mol. The van der Waals surface area contributed by atoms with Gasteiger partial charge in [0, 0.05) is 53.8 Å². The van der Waals surface area contributed by atoms with Crippen LogP contribution in [-0.4, -0.2) is 88.4 Å². The van der Waals surface area contributed by atoms with E-state index in [9.17, 15) is 19.2 Å². The molecule has 290 valence electrons. The van der Waals surface area contributed by atoms with Crippen molar-refractivity contribution in [1.29, 1.82) is 0 Å². The van der Waals surface area contributed by atoms with E-state index in [4.69, 9.17) is 23.7 Å². The molecule has 3 aliphatic rings. The minimum atomic E-state index is -0.893. The lowest BCUT2D eigenvalue weighted by atomic mass is 9.96. The van der Waals surface area contributed by atoms with E-state index in [1.807, 2.05) is 0 Å². The van der Waals surface area contributed by atoms with E-state index in [1.54, 1.807) is 74.1 Å². The van der Waals surface area contributed by atoms with Gasteiger partial charge in [0.2, 0.25) is 5.88 Å². The second kappa shape index (κ2) is 13.8.